The quantitative estimate of drug-likeness (QED) is 0.726. The van der Waals surface area contributed by atoms with E-state index in [1.54, 1.807) is 30.9 Å². The number of likely N-dealkylation sites (tertiary alicyclic amines) is 1. The molecule has 1 aliphatic rings. The molecule has 0 aromatic rings. The van der Waals surface area contributed by atoms with E-state index in [-0.39, 0.29) is 18.1 Å². The second kappa shape index (κ2) is 7.20. The van der Waals surface area contributed by atoms with E-state index in [0.717, 1.165) is 5.75 Å². The molecule has 17 heavy (non-hydrogen) atoms. The van der Waals surface area contributed by atoms with E-state index < -0.39 is 6.04 Å². The number of rotatable bonds is 6. The fourth-order valence-electron chi connectivity index (χ4n) is 1.98. The van der Waals surface area contributed by atoms with Crippen LogP contribution >= 0.6 is 11.8 Å². The Labute approximate surface area is 107 Å². The number of thioether (sulfide) groups is 1. The molecular weight excluding hydrogens is 240 g/mol. The first kappa shape index (κ1) is 14.8. The Morgan fingerprint density at radius 2 is 1.94 bits per heavy atom. The van der Waals surface area contributed by atoms with Gasteiger partial charge in [-0.1, -0.05) is 0 Å². The van der Waals surface area contributed by atoms with Crippen molar-refractivity contribution in [2.24, 2.45) is 5.73 Å². The van der Waals surface area contributed by atoms with E-state index in [1.807, 2.05) is 6.26 Å². The summed E-state index contributed by atoms with van der Waals surface area (Å²) in [6.45, 7) is 1.14. The van der Waals surface area contributed by atoms with Crippen LogP contribution in [0.4, 0.5) is 0 Å². The highest BCUT2D eigenvalue weighted by Gasteiger charge is 2.36. The largest absolute Gasteiger partial charge is 0.377 e. The van der Waals surface area contributed by atoms with Gasteiger partial charge in [0.25, 0.3) is 0 Å². The van der Waals surface area contributed by atoms with Gasteiger partial charge in [0.15, 0.2) is 0 Å². The minimum Gasteiger partial charge on any atom is -0.377 e. The molecule has 6 heteroatoms. The molecule has 1 saturated heterocycles. The average Bonchev–Trinajstić information content (AvgIpc) is 2.77. The molecule has 0 bridgehead atoms. The van der Waals surface area contributed by atoms with E-state index in [4.69, 9.17) is 15.2 Å². The molecule has 0 spiro atoms. The van der Waals surface area contributed by atoms with Crippen molar-refractivity contribution in [3.05, 3.63) is 0 Å². The molecule has 1 rings (SSSR count). The standard InChI is InChI=1S/C11H22N2O3S/c1-15-9-6-13(7-10(9)16-2)11(14)8(12)4-5-17-3/h8-10H,4-7,12H2,1-3H3/t8-,9?,10?/m1/s1. The maximum Gasteiger partial charge on any atom is 0.239 e. The van der Waals surface area contributed by atoms with Gasteiger partial charge in [-0.3, -0.25) is 4.79 Å². The summed E-state index contributed by atoms with van der Waals surface area (Å²) in [4.78, 5) is 13.8. The third-order valence-electron chi connectivity index (χ3n) is 3.08. The lowest BCUT2D eigenvalue weighted by atomic mass is 10.2. The first-order chi connectivity index (χ1) is 8.13. The smallest absolute Gasteiger partial charge is 0.239 e. The molecule has 0 aromatic heterocycles. The van der Waals surface area contributed by atoms with Crippen molar-refractivity contribution in [2.75, 3.05) is 39.3 Å². The van der Waals surface area contributed by atoms with Gasteiger partial charge in [-0.05, 0) is 18.4 Å². The predicted molar refractivity (Wildman–Crippen MR) is 69.1 cm³/mol. The maximum absolute atomic E-state index is 12.1. The first-order valence-electron chi connectivity index (χ1n) is 5.73. The van der Waals surface area contributed by atoms with Gasteiger partial charge < -0.3 is 20.1 Å². The predicted octanol–water partition coefficient (Wildman–Crippen LogP) is -0.0610. The van der Waals surface area contributed by atoms with Crippen LogP contribution in [0.25, 0.3) is 0 Å². The zero-order valence-corrected chi connectivity index (χ0v) is 11.5. The van der Waals surface area contributed by atoms with E-state index >= 15 is 0 Å². The number of methoxy groups -OCH3 is 2. The molecule has 0 aliphatic carbocycles. The monoisotopic (exact) mass is 262 g/mol. The topological polar surface area (TPSA) is 64.8 Å². The Hall–Kier alpha value is -0.300. The number of nitrogens with zero attached hydrogens (tertiary/aromatic N) is 1. The average molecular weight is 262 g/mol. The molecule has 1 aliphatic heterocycles. The zero-order valence-electron chi connectivity index (χ0n) is 10.7. The lowest BCUT2D eigenvalue weighted by Gasteiger charge is -2.20. The van der Waals surface area contributed by atoms with Crippen LogP contribution in [0.5, 0.6) is 0 Å². The van der Waals surface area contributed by atoms with Crippen molar-refractivity contribution in [1.82, 2.24) is 4.90 Å². The highest BCUT2D eigenvalue weighted by Crippen LogP contribution is 2.17. The summed E-state index contributed by atoms with van der Waals surface area (Å²) in [6.07, 6.45) is 2.63. The second-order valence-corrected chi connectivity index (χ2v) is 5.17. The van der Waals surface area contributed by atoms with E-state index in [1.165, 1.54) is 0 Å². The molecule has 5 nitrogen and oxygen atoms in total. The van der Waals surface area contributed by atoms with Crippen molar-refractivity contribution in [3.8, 4) is 0 Å². The Kier molecular flexibility index (Phi) is 6.26. The zero-order chi connectivity index (χ0) is 12.8. The molecule has 1 heterocycles. The van der Waals surface area contributed by atoms with Crippen molar-refractivity contribution >= 4 is 17.7 Å². The minimum atomic E-state index is -0.407. The Morgan fingerprint density at radius 3 is 2.35 bits per heavy atom. The van der Waals surface area contributed by atoms with E-state index in [2.05, 4.69) is 0 Å². The summed E-state index contributed by atoms with van der Waals surface area (Å²) >= 11 is 1.70. The third-order valence-corrected chi connectivity index (χ3v) is 3.73. The van der Waals surface area contributed by atoms with Crippen LogP contribution in [0, 0.1) is 0 Å². The van der Waals surface area contributed by atoms with Gasteiger partial charge >= 0.3 is 0 Å². The SMILES string of the molecule is COC1CN(C(=O)[C@H](N)CCSC)CC1OC. The van der Waals surface area contributed by atoms with Gasteiger partial charge in [0.2, 0.25) is 5.91 Å². The van der Waals surface area contributed by atoms with E-state index in [0.29, 0.717) is 19.5 Å². The summed E-state index contributed by atoms with van der Waals surface area (Å²) in [7, 11) is 3.27. The van der Waals surface area contributed by atoms with Crippen molar-refractivity contribution in [2.45, 2.75) is 24.7 Å². The molecule has 2 N–H and O–H groups in total. The summed E-state index contributed by atoms with van der Waals surface area (Å²) in [6, 6.07) is -0.407. The van der Waals surface area contributed by atoms with Crippen LogP contribution in [0.15, 0.2) is 0 Å². The molecule has 3 atom stereocenters. The van der Waals surface area contributed by atoms with Gasteiger partial charge in [0.1, 0.15) is 12.2 Å². The number of carbonyl (C=O) groups excluding carboxylic acids is 1. The first-order valence-corrected chi connectivity index (χ1v) is 7.12. The van der Waals surface area contributed by atoms with Crippen molar-refractivity contribution in [1.29, 1.82) is 0 Å². The van der Waals surface area contributed by atoms with Crippen molar-refractivity contribution < 1.29 is 14.3 Å². The molecule has 1 amide bonds. The maximum atomic E-state index is 12.1. The molecule has 100 valence electrons. The van der Waals surface area contributed by atoms with Crippen LogP contribution in [0.2, 0.25) is 0 Å². The van der Waals surface area contributed by atoms with Crippen LogP contribution < -0.4 is 5.73 Å². The van der Waals surface area contributed by atoms with E-state index in [9.17, 15) is 4.79 Å². The summed E-state index contributed by atoms with van der Waals surface area (Å²) in [5.41, 5.74) is 5.87. The second-order valence-electron chi connectivity index (χ2n) is 4.18. The lowest BCUT2D eigenvalue weighted by molar-refractivity contribution is -0.132. The number of carbonyl (C=O) groups is 1. The number of hydrogen-bond donors (Lipinski definition) is 1. The molecule has 1 fully saturated rings. The summed E-state index contributed by atoms with van der Waals surface area (Å²) < 4.78 is 10.6. The summed E-state index contributed by atoms with van der Waals surface area (Å²) in [5, 5.41) is 0. The Balaban J connectivity index is 2.48. The van der Waals surface area contributed by atoms with Gasteiger partial charge in [-0.15, -0.1) is 0 Å². The molecule has 0 saturated carbocycles. The number of amides is 1. The third kappa shape index (κ3) is 3.84. The van der Waals surface area contributed by atoms with Gasteiger partial charge in [-0.25, -0.2) is 0 Å². The molecule has 0 aromatic carbocycles. The normalized spacial score (nSPS) is 26.2. The highest BCUT2D eigenvalue weighted by molar-refractivity contribution is 7.98. The fraction of sp³-hybridized carbons (Fsp3) is 0.909. The lowest BCUT2D eigenvalue weighted by Crippen LogP contribution is -2.43. The molecule has 2 unspecified atom stereocenters. The highest BCUT2D eigenvalue weighted by atomic mass is 32.2. The fourth-order valence-corrected chi connectivity index (χ4v) is 2.47. The van der Waals surface area contributed by atoms with Crippen LogP contribution in [-0.4, -0.2) is 68.4 Å². The number of nitrogens with two attached hydrogens (primary N) is 1. The Bertz CT molecular complexity index is 241. The minimum absolute atomic E-state index is 0.000602. The van der Waals surface area contributed by atoms with Gasteiger partial charge in [0.05, 0.1) is 6.04 Å². The molecular formula is C11H22N2O3S. The molecule has 0 radical (unpaired) electrons. The number of hydrogen-bond acceptors (Lipinski definition) is 5. The number of ether oxygens (including phenoxy) is 2. The Morgan fingerprint density at radius 1 is 1.41 bits per heavy atom. The summed E-state index contributed by atoms with van der Waals surface area (Å²) in [5.74, 6) is 0.906. The van der Waals surface area contributed by atoms with Crippen LogP contribution in [-0.2, 0) is 14.3 Å². The van der Waals surface area contributed by atoms with Crippen molar-refractivity contribution in [3.63, 3.8) is 0 Å². The van der Waals surface area contributed by atoms with Gasteiger partial charge in [-0.2, -0.15) is 11.8 Å². The van der Waals surface area contributed by atoms with Crippen LogP contribution in [0.3, 0.4) is 0 Å². The van der Waals surface area contributed by atoms with Gasteiger partial charge in [0, 0.05) is 27.3 Å². The van der Waals surface area contributed by atoms with Crippen LogP contribution in [0.1, 0.15) is 6.42 Å².